The quantitative estimate of drug-likeness (QED) is 0.645. The average molecular weight is 378 g/mol. The van der Waals surface area contributed by atoms with Gasteiger partial charge in [0.15, 0.2) is 0 Å². The average Bonchev–Trinajstić information content (AvgIpc) is 3.17. The van der Waals surface area contributed by atoms with Crippen molar-refractivity contribution in [1.29, 1.82) is 0 Å². The number of rotatable bonds is 9. The van der Waals surface area contributed by atoms with Gasteiger partial charge in [0.25, 0.3) is 5.91 Å². The molecule has 142 valence electrons. The number of thioether (sulfide) groups is 1. The Hall–Kier alpha value is -2.02. The molecule has 6 nitrogen and oxygen atoms in total. The molecule has 0 bridgehead atoms. The molecule has 1 aliphatic heterocycles. The first kappa shape index (κ1) is 20.3. The topological polar surface area (TPSA) is 86.7 Å². The highest BCUT2D eigenvalue weighted by Gasteiger charge is 2.22. The number of unbranched alkanes of at least 4 members (excludes halogenated alkanes) is 1. The van der Waals surface area contributed by atoms with Gasteiger partial charge >= 0.3 is 5.97 Å². The van der Waals surface area contributed by atoms with E-state index < -0.39 is 17.9 Å². The lowest BCUT2D eigenvalue weighted by atomic mass is 10.1. The minimum Gasteiger partial charge on any atom is -0.480 e. The van der Waals surface area contributed by atoms with Gasteiger partial charge < -0.3 is 15.3 Å². The van der Waals surface area contributed by atoms with Gasteiger partial charge in [-0.1, -0.05) is 31.9 Å². The second kappa shape index (κ2) is 10.2. The molecule has 0 aliphatic carbocycles. The summed E-state index contributed by atoms with van der Waals surface area (Å²) in [6, 6.07) is 6.11. The maximum absolute atomic E-state index is 12.6. The van der Waals surface area contributed by atoms with Gasteiger partial charge in [-0.2, -0.15) is 0 Å². The van der Waals surface area contributed by atoms with Crippen LogP contribution in [0.3, 0.4) is 0 Å². The Morgan fingerprint density at radius 3 is 2.58 bits per heavy atom. The standard InChI is InChI=1S/C19H26N2O4S/c1-2-3-9-15(19(24)25)20-18(23)14-8-4-5-10-16(14)26-13-17(22)21-11-6-7-12-21/h4-5,8,10,15H,2-3,6-7,9,11-13H2,1H3,(H,20,23)(H,24,25). The van der Waals surface area contributed by atoms with E-state index in [1.54, 1.807) is 18.2 Å². The third-order valence-electron chi connectivity index (χ3n) is 4.39. The predicted octanol–water partition coefficient (Wildman–Crippen LogP) is 2.77. The molecule has 0 spiro atoms. The van der Waals surface area contributed by atoms with Crippen LogP contribution >= 0.6 is 11.8 Å². The molecule has 2 amide bonds. The van der Waals surface area contributed by atoms with Gasteiger partial charge in [-0.05, 0) is 31.4 Å². The van der Waals surface area contributed by atoms with Crippen molar-refractivity contribution in [3.8, 4) is 0 Å². The summed E-state index contributed by atoms with van der Waals surface area (Å²) >= 11 is 1.32. The molecule has 2 rings (SSSR count). The fourth-order valence-electron chi connectivity index (χ4n) is 2.88. The largest absolute Gasteiger partial charge is 0.480 e. The molecule has 0 radical (unpaired) electrons. The van der Waals surface area contributed by atoms with Crippen molar-refractivity contribution in [2.24, 2.45) is 0 Å². The SMILES string of the molecule is CCCCC(NC(=O)c1ccccc1SCC(=O)N1CCCC1)C(=O)O. The number of amides is 2. The number of carboxylic acids is 1. The van der Waals surface area contributed by atoms with Crippen molar-refractivity contribution >= 4 is 29.5 Å². The molecular formula is C19H26N2O4S. The summed E-state index contributed by atoms with van der Waals surface area (Å²) in [5, 5.41) is 11.9. The normalized spacial score (nSPS) is 14.9. The van der Waals surface area contributed by atoms with Crippen molar-refractivity contribution < 1.29 is 19.5 Å². The summed E-state index contributed by atoms with van der Waals surface area (Å²) in [6.45, 7) is 3.59. The molecule has 7 heteroatoms. The third kappa shape index (κ3) is 5.76. The number of nitrogens with one attached hydrogen (secondary N) is 1. The monoisotopic (exact) mass is 378 g/mol. The number of carbonyl (C=O) groups is 3. The zero-order chi connectivity index (χ0) is 18.9. The van der Waals surface area contributed by atoms with Crippen LogP contribution in [0.25, 0.3) is 0 Å². The lowest BCUT2D eigenvalue weighted by molar-refractivity contribution is -0.139. The second-order valence-corrected chi connectivity index (χ2v) is 7.40. The summed E-state index contributed by atoms with van der Waals surface area (Å²) < 4.78 is 0. The highest BCUT2D eigenvalue weighted by Crippen LogP contribution is 2.24. The maximum atomic E-state index is 12.6. The Labute approximate surface area is 158 Å². The number of nitrogens with zero attached hydrogens (tertiary/aromatic N) is 1. The minimum atomic E-state index is -1.03. The van der Waals surface area contributed by atoms with Gasteiger partial charge in [0.2, 0.25) is 5.91 Å². The van der Waals surface area contributed by atoms with Crippen molar-refractivity contribution in [3.05, 3.63) is 29.8 Å². The van der Waals surface area contributed by atoms with Crippen LogP contribution < -0.4 is 5.32 Å². The Morgan fingerprint density at radius 1 is 1.23 bits per heavy atom. The predicted molar refractivity (Wildman–Crippen MR) is 101 cm³/mol. The fourth-order valence-corrected chi connectivity index (χ4v) is 3.83. The van der Waals surface area contributed by atoms with Crippen molar-refractivity contribution in [2.75, 3.05) is 18.8 Å². The molecule has 26 heavy (non-hydrogen) atoms. The molecule has 1 aromatic carbocycles. The summed E-state index contributed by atoms with van der Waals surface area (Å²) in [5.41, 5.74) is 0.412. The van der Waals surface area contributed by atoms with Crippen LogP contribution in [0.15, 0.2) is 29.2 Å². The summed E-state index contributed by atoms with van der Waals surface area (Å²) in [7, 11) is 0. The van der Waals surface area contributed by atoms with Gasteiger partial charge in [-0.15, -0.1) is 11.8 Å². The molecule has 1 saturated heterocycles. The first-order valence-electron chi connectivity index (χ1n) is 9.06. The Kier molecular flexibility index (Phi) is 7.97. The van der Waals surface area contributed by atoms with E-state index in [0.29, 0.717) is 16.9 Å². The first-order chi connectivity index (χ1) is 12.5. The van der Waals surface area contributed by atoms with Gasteiger partial charge in [0.1, 0.15) is 6.04 Å². The summed E-state index contributed by atoms with van der Waals surface area (Å²) in [6.07, 6.45) is 4.09. The number of benzene rings is 1. The van der Waals surface area contributed by atoms with Crippen molar-refractivity contribution in [2.45, 2.75) is 50.0 Å². The highest BCUT2D eigenvalue weighted by atomic mass is 32.2. The number of hydrogen-bond acceptors (Lipinski definition) is 4. The van der Waals surface area contributed by atoms with E-state index >= 15 is 0 Å². The fraction of sp³-hybridized carbons (Fsp3) is 0.526. The van der Waals surface area contributed by atoms with Gasteiger partial charge in [0.05, 0.1) is 11.3 Å². The molecule has 1 aliphatic rings. The van der Waals surface area contributed by atoms with Crippen molar-refractivity contribution in [3.63, 3.8) is 0 Å². The Balaban J connectivity index is 2.00. The van der Waals surface area contributed by atoms with E-state index in [0.717, 1.165) is 38.8 Å². The van der Waals surface area contributed by atoms with Gasteiger partial charge in [-0.25, -0.2) is 4.79 Å². The molecule has 1 heterocycles. The minimum absolute atomic E-state index is 0.0778. The lowest BCUT2D eigenvalue weighted by Crippen LogP contribution is -2.40. The number of carbonyl (C=O) groups excluding carboxylic acids is 2. The molecule has 1 unspecified atom stereocenters. The first-order valence-corrected chi connectivity index (χ1v) is 10.0. The van der Waals surface area contributed by atoms with Crippen LogP contribution in [0.1, 0.15) is 49.4 Å². The Morgan fingerprint density at radius 2 is 1.92 bits per heavy atom. The van der Waals surface area contributed by atoms with Crippen LogP contribution in [-0.2, 0) is 9.59 Å². The third-order valence-corrected chi connectivity index (χ3v) is 5.45. The molecule has 1 atom stereocenters. The van der Waals surface area contributed by atoms with Gasteiger partial charge in [0, 0.05) is 18.0 Å². The molecule has 1 aromatic rings. The van der Waals surface area contributed by atoms with E-state index in [-0.39, 0.29) is 11.7 Å². The molecular weight excluding hydrogens is 352 g/mol. The van der Waals surface area contributed by atoms with Gasteiger partial charge in [-0.3, -0.25) is 9.59 Å². The van der Waals surface area contributed by atoms with E-state index in [2.05, 4.69) is 5.32 Å². The molecule has 2 N–H and O–H groups in total. The van der Waals surface area contributed by atoms with Crippen LogP contribution in [0.5, 0.6) is 0 Å². The maximum Gasteiger partial charge on any atom is 0.326 e. The number of likely N-dealkylation sites (tertiary alicyclic amines) is 1. The molecule has 1 fully saturated rings. The Bertz CT molecular complexity index is 644. The van der Waals surface area contributed by atoms with Crippen LogP contribution in [0.2, 0.25) is 0 Å². The summed E-state index contributed by atoms with van der Waals surface area (Å²) in [4.78, 5) is 38.7. The van der Waals surface area contributed by atoms with E-state index in [4.69, 9.17) is 0 Å². The zero-order valence-electron chi connectivity index (χ0n) is 15.1. The lowest BCUT2D eigenvalue weighted by Gasteiger charge is -2.17. The van der Waals surface area contributed by atoms with Crippen LogP contribution in [0.4, 0.5) is 0 Å². The van der Waals surface area contributed by atoms with E-state index in [1.807, 2.05) is 17.9 Å². The van der Waals surface area contributed by atoms with Crippen LogP contribution in [-0.4, -0.2) is 52.7 Å². The molecule has 0 saturated carbocycles. The highest BCUT2D eigenvalue weighted by molar-refractivity contribution is 8.00. The second-order valence-electron chi connectivity index (χ2n) is 6.38. The van der Waals surface area contributed by atoms with E-state index in [1.165, 1.54) is 11.8 Å². The number of hydrogen-bond donors (Lipinski definition) is 2. The smallest absolute Gasteiger partial charge is 0.326 e. The number of aliphatic carboxylic acids is 1. The summed E-state index contributed by atoms with van der Waals surface area (Å²) in [5.74, 6) is -1.08. The number of carboxylic acid groups (broad SMARTS) is 1. The molecule has 0 aromatic heterocycles. The van der Waals surface area contributed by atoms with Crippen molar-refractivity contribution in [1.82, 2.24) is 10.2 Å². The van der Waals surface area contributed by atoms with Crippen LogP contribution in [0, 0.1) is 0 Å². The van der Waals surface area contributed by atoms with E-state index in [9.17, 15) is 19.5 Å². The zero-order valence-corrected chi connectivity index (χ0v) is 15.9.